The molecule has 0 N–H and O–H groups in total. The smallest absolute Gasteiger partial charge is 1.00 e. The summed E-state index contributed by atoms with van der Waals surface area (Å²) >= 11 is 0. The SMILES string of the molecule is CO[Si](C)OC.[C-]1=CC=CC1.[Cl-].[Cl-].[Cl-].[Ti+4]. The Morgan fingerprint density at radius 2 is 1.60 bits per heavy atom. The summed E-state index contributed by atoms with van der Waals surface area (Å²) in [5.41, 5.74) is 0. The number of allylic oxidation sites excluding steroid dienone is 4. The number of hydrogen-bond acceptors (Lipinski definition) is 2. The molecule has 0 unspecified atom stereocenters. The molecule has 1 radical (unpaired) electrons. The third kappa shape index (κ3) is 25.5. The first kappa shape index (κ1) is 29.8. The van der Waals surface area contributed by atoms with E-state index >= 15 is 0 Å². The summed E-state index contributed by atoms with van der Waals surface area (Å²) < 4.78 is 9.56. The normalized spacial score (nSPS) is 9.87. The molecule has 0 aromatic heterocycles. The van der Waals surface area contributed by atoms with E-state index in [9.17, 15) is 0 Å². The minimum Gasteiger partial charge on any atom is -1.00 e. The van der Waals surface area contributed by atoms with Gasteiger partial charge in [0.2, 0.25) is 0 Å². The summed E-state index contributed by atoms with van der Waals surface area (Å²) in [4.78, 5) is 0. The molecule has 0 atom stereocenters. The van der Waals surface area contributed by atoms with Crippen molar-refractivity contribution >= 4 is 9.28 Å². The molecule has 87 valence electrons. The Morgan fingerprint density at radius 1 is 1.13 bits per heavy atom. The minimum atomic E-state index is -0.868. The molecule has 0 saturated heterocycles. The standard InChI is InChI=1S/C5H5.C3H9O2Si.3ClH.Ti/c1-2-4-5-3-1;1-4-6(3)5-2;;;;/h1-3H,4H2;1-3H3;3*1H;/q-1;;;;;+4/p-3. The van der Waals surface area contributed by atoms with Crippen LogP contribution in [0, 0.1) is 6.08 Å². The summed E-state index contributed by atoms with van der Waals surface area (Å²) in [6.45, 7) is 1.94. The van der Waals surface area contributed by atoms with Crippen LogP contribution >= 0.6 is 0 Å². The number of hydrogen-bond donors (Lipinski definition) is 0. The second kappa shape index (κ2) is 24.4. The molecular formula is C8H14Cl3O2SiTi. The molecule has 15 heavy (non-hydrogen) atoms. The Labute approximate surface area is 128 Å². The third-order valence-electron chi connectivity index (χ3n) is 1.16. The molecule has 1 aliphatic rings. The van der Waals surface area contributed by atoms with Gasteiger partial charge in [-0.1, -0.05) is 0 Å². The van der Waals surface area contributed by atoms with Gasteiger partial charge in [-0.2, -0.15) is 6.08 Å². The van der Waals surface area contributed by atoms with E-state index in [0.717, 1.165) is 6.42 Å². The fourth-order valence-electron chi connectivity index (χ4n) is 0.424. The molecule has 0 fully saturated rings. The van der Waals surface area contributed by atoms with Gasteiger partial charge in [-0.15, -0.1) is 6.42 Å². The maximum absolute atomic E-state index is 4.78. The molecule has 0 bridgehead atoms. The van der Waals surface area contributed by atoms with Gasteiger partial charge in [0, 0.05) is 14.2 Å². The Morgan fingerprint density at radius 3 is 1.67 bits per heavy atom. The molecule has 0 aromatic rings. The van der Waals surface area contributed by atoms with E-state index in [1.165, 1.54) is 0 Å². The van der Waals surface area contributed by atoms with Crippen molar-refractivity contribution in [3.8, 4) is 0 Å². The van der Waals surface area contributed by atoms with E-state index < -0.39 is 9.28 Å². The number of halogens is 3. The molecule has 0 spiro atoms. The third-order valence-corrected chi connectivity index (χ3v) is 2.31. The summed E-state index contributed by atoms with van der Waals surface area (Å²) in [6.07, 6.45) is 10.0. The zero-order chi connectivity index (χ0) is 8.53. The Kier molecular flexibility index (Phi) is 48.6. The van der Waals surface area contributed by atoms with Gasteiger partial charge in [0.1, 0.15) is 0 Å². The predicted molar refractivity (Wildman–Crippen MR) is 47.2 cm³/mol. The average molecular weight is 325 g/mol. The maximum atomic E-state index is 4.78. The largest absolute Gasteiger partial charge is 4.00 e. The topological polar surface area (TPSA) is 18.5 Å². The molecular weight excluding hydrogens is 310 g/mol. The van der Waals surface area contributed by atoms with E-state index in [2.05, 4.69) is 12.2 Å². The van der Waals surface area contributed by atoms with Crippen LogP contribution in [-0.2, 0) is 30.6 Å². The van der Waals surface area contributed by atoms with Crippen LogP contribution in [0.1, 0.15) is 6.42 Å². The van der Waals surface area contributed by atoms with Crippen LogP contribution in [0.3, 0.4) is 0 Å². The molecule has 2 nitrogen and oxygen atoms in total. The first-order chi connectivity index (χ1) is 5.31. The number of rotatable bonds is 2. The van der Waals surface area contributed by atoms with Crippen molar-refractivity contribution in [2.75, 3.05) is 14.2 Å². The maximum Gasteiger partial charge on any atom is 4.00 e. The van der Waals surface area contributed by atoms with Gasteiger partial charge in [0.05, 0.1) is 0 Å². The molecule has 0 amide bonds. The monoisotopic (exact) mass is 323 g/mol. The van der Waals surface area contributed by atoms with Gasteiger partial charge in [0.15, 0.2) is 0 Å². The van der Waals surface area contributed by atoms with E-state index in [-0.39, 0.29) is 58.9 Å². The van der Waals surface area contributed by atoms with Crippen LogP contribution in [0.25, 0.3) is 0 Å². The summed E-state index contributed by atoms with van der Waals surface area (Å²) in [6, 6.07) is 0. The van der Waals surface area contributed by atoms with E-state index in [4.69, 9.17) is 8.85 Å². The van der Waals surface area contributed by atoms with Crippen molar-refractivity contribution in [3.63, 3.8) is 0 Å². The van der Waals surface area contributed by atoms with Gasteiger partial charge in [0.25, 0.3) is 0 Å². The Bertz CT molecular complexity index is 134. The van der Waals surface area contributed by atoms with Crippen molar-refractivity contribution in [1.82, 2.24) is 0 Å². The van der Waals surface area contributed by atoms with Gasteiger partial charge in [-0.25, -0.2) is 12.2 Å². The molecule has 0 aliphatic heterocycles. The van der Waals surface area contributed by atoms with Gasteiger partial charge in [-0.3, -0.25) is 6.08 Å². The van der Waals surface area contributed by atoms with Crippen molar-refractivity contribution in [1.29, 1.82) is 0 Å². The molecule has 1 rings (SSSR count). The zero-order valence-electron chi connectivity index (χ0n) is 8.89. The Hall–Kier alpha value is 1.20. The molecule has 1 aliphatic carbocycles. The van der Waals surface area contributed by atoms with Crippen molar-refractivity contribution in [3.05, 3.63) is 24.3 Å². The molecule has 0 aromatic carbocycles. The van der Waals surface area contributed by atoms with Gasteiger partial charge < -0.3 is 46.1 Å². The molecule has 0 heterocycles. The van der Waals surface area contributed by atoms with Crippen molar-refractivity contribution in [2.24, 2.45) is 0 Å². The van der Waals surface area contributed by atoms with E-state index in [1.54, 1.807) is 14.2 Å². The predicted octanol–water partition coefficient (Wildman–Crippen LogP) is -7.29. The van der Waals surface area contributed by atoms with E-state index in [0.29, 0.717) is 0 Å². The first-order valence-electron chi connectivity index (χ1n) is 3.44. The second-order valence-corrected chi connectivity index (χ2v) is 3.70. The van der Waals surface area contributed by atoms with Gasteiger partial charge >= 0.3 is 31.0 Å². The Balaban J connectivity index is -0.0000000352. The average Bonchev–Trinajstić information content (AvgIpc) is 2.60. The summed E-state index contributed by atoms with van der Waals surface area (Å²) in [7, 11) is 2.43. The van der Waals surface area contributed by atoms with Crippen LogP contribution in [0.4, 0.5) is 0 Å². The summed E-state index contributed by atoms with van der Waals surface area (Å²) in [5, 5.41) is 0. The zero-order valence-corrected chi connectivity index (χ0v) is 13.7. The quantitative estimate of drug-likeness (QED) is 0.371. The van der Waals surface area contributed by atoms with Crippen LogP contribution < -0.4 is 37.2 Å². The van der Waals surface area contributed by atoms with Crippen LogP contribution in [0.5, 0.6) is 0 Å². The van der Waals surface area contributed by atoms with Crippen LogP contribution in [0.2, 0.25) is 6.55 Å². The summed E-state index contributed by atoms with van der Waals surface area (Å²) in [5.74, 6) is 0. The molecule has 7 heteroatoms. The van der Waals surface area contributed by atoms with Gasteiger partial charge in [-0.05, 0) is 6.55 Å². The van der Waals surface area contributed by atoms with Crippen LogP contribution in [-0.4, -0.2) is 23.5 Å². The van der Waals surface area contributed by atoms with Crippen molar-refractivity contribution in [2.45, 2.75) is 13.0 Å². The fraction of sp³-hybridized carbons (Fsp3) is 0.500. The minimum absolute atomic E-state index is 0. The first-order valence-corrected chi connectivity index (χ1v) is 5.26. The fourth-order valence-corrected chi connectivity index (χ4v) is 0.590. The van der Waals surface area contributed by atoms with Crippen LogP contribution in [0.15, 0.2) is 18.2 Å². The molecule has 0 saturated carbocycles. The second-order valence-electron chi connectivity index (χ2n) is 1.90. The van der Waals surface area contributed by atoms with Crippen molar-refractivity contribution < 1.29 is 67.8 Å². The van der Waals surface area contributed by atoms with E-state index in [1.807, 2.05) is 18.7 Å².